The van der Waals surface area contributed by atoms with E-state index in [0.717, 1.165) is 57.1 Å². The molecule has 2 fully saturated rings. The third-order valence-electron chi connectivity index (χ3n) is 6.21. The monoisotopic (exact) mass is 459 g/mol. The minimum absolute atomic E-state index is 0.0261. The number of nitrogens with one attached hydrogen (secondary N) is 1. The highest BCUT2D eigenvalue weighted by Gasteiger charge is 2.28. The summed E-state index contributed by atoms with van der Waals surface area (Å²) in [7, 11) is 0. The molecule has 1 amide bonds. The highest BCUT2D eigenvalue weighted by atomic mass is 16.5. The molecule has 0 spiro atoms. The van der Waals surface area contributed by atoms with E-state index in [2.05, 4.69) is 37.2 Å². The molecule has 0 aliphatic carbocycles. The molecule has 2 aromatic carbocycles. The first-order valence-electron chi connectivity index (χ1n) is 11.8. The molecule has 34 heavy (non-hydrogen) atoms. The predicted molar refractivity (Wildman–Crippen MR) is 132 cm³/mol. The van der Waals surface area contributed by atoms with Gasteiger partial charge in [0.15, 0.2) is 5.82 Å². The Morgan fingerprint density at radius 2 is 1.71 bits per heavy atom. The van der Waals surface area contributed by atoms with Crippen molar-refractivity contribution >= 4 is 23.1 Å². The van der Waals surface area contributed by atoms with Crippen molar-refractivity contribution in [1.29, 1.82) is 0 Å². The number of piperidine rings is 1. The quantitative estimate of drug-likeness (QED) is 0.598. The number of para-hydroxylation sites is 1. The SMILES string of the molecule is O=C(Nc1ccc(N2CCOCC2)cc1)C1CCCN(c2nccnc2Oc2ccccc2)C1. The van der Waals surface area contributed by atoms with Gasteiger partial charge in [0.05, 0.1) is 19.1 Å². The summed E-state index contributed by atoms with van der Waals surface area (Å²) in [5.74, 6) is 1.71. The van der Waals surface area contributed by atoms with Crippen LogP contribution < -0.4 is 19.9 Å². The van der Waals surface area contributed by atoms with Crippen LogP contribution in [-0.2, 0) is 9.53 Å². The minimum Gasteiger partial charge on any atom is -0.436 e. The van der Waals surface area contributed by atoms with Crippen molar-refractivity contribution in [2.45, 2.75) is 12.8 Å². The summed E-state index contributed by atoms with van der Waals surface area (Å²) in [4.78, 5) is 26.4. The highest BCUT2D eigenvalue weighted by molar-refractivity contribution is 5.93. The number of rotatable bonds is 6. The average molecular weight is 460 g/mol. The summed E-state index contributed by atoms with van der Waals surface area (Å²) in [6, 6.07) is 17.6. The van der Waals surface area contributed by atoms with Crippen molar-refractivity contribution < 1.29 is 14.3 Å². The van der Waals surface area contributed by atoms with Gasteiger partial charge in [-0.1, -0.05) is 18.2 Å². The zero-order valence-corrected chi connectivity index (χ0v) is 19.1. The molecule has 1 unspecified atom stereocenters. The summed E-state index contributed by atoms with van der Waals surface area (Å²) in [6.45, 7) is 4.66. The van der Waals surface area contributed by atoms with Gasteiger partial charge in [-0.15, -0.1) is 0 Å². The lowest BCUT2D eigenvalue weighted by molar-refractivity contribution is -0.120. The molecule has 3 aromatic rings. The van der Waals surface area contributed by atoms with Crippen LogP contribution in [0.3, 0.4) is 0 Å². The number of morpholine rings is 1. The number of carbonyl (C=O) groups excluding carboxylic acids is 1. The molecule has 1 N–H and O–H groups in total. The van der Waals surface area contributed by atoms with Gasteiger partial charge in [-0.25, -0.2) is 9.97 Å². The van der Waals surface area contributed by atoms with Crippen molar-refractivity contribution in [3.8, 4) is 11.6 Å². The zero-order chi connectivity index (χ0) is 23.2. The number of benzene rings is 2. The van der Waals surface area contributed by atoms with E-state index < -0.39 is 0 Å². The number of amides is 1. The number of aromatic nitrogens is 2. The molecule has 0 bridgehead atoms. The fourth-order valence-corrected chi connectivity index (χ4v) is 4.41. The molecule has 0 radical (unpaired) electrons. The lowest BCUT2D eigenvalue weighted by Gasteiger charge is -2.33. The van der Waals surface area contributed by atoms with Gasteiger partial charge in [0, 0.05) is 49.9 Å². The van der Waals surface area contributed by atoms with Gasteiger partial charge in [0.25, 0.3) is 5.88 Å². The molecule has 5 rings (SSSR count). The van der Waals surface area contributed by atoms with E-state index in [4.69, 9.17) is 9.47 Å². The lowest BCUT2D eigenvalue weighted by Crippen LogP contribution is -2.41. The largest absolute Gasteiger partial charge is 0.436 e. The van der Waals surface area contributed by atoms with Gasteiger partial charge in [0.2, 0.25) is 5.91 Å². The summed E-state index contributed by atoms with van der Waals surface area (Å²) in [5, 5.41) is 3.09. The van der Waals surface area contributed by atoms with Gasteiger partial charge < -0.3 is 24.6 Å². The van der Waals surface area contributed by atoms with Crippen LogP contribution in [0, 0.1) is 5.92 Å². The van der Waals surface area contributed by atoms with Crippen LogP contribution in [0.25, 0.3) is 0 Å². The average Bonchev–Trinajstić information content (AvgIpc) is 2.91. The van der Waals surface area contributed by atoms with Gasteiger partial charge in [0.1, 0.15) is 5.75 Å². The second kappa shape index (κ2) is 10.5. The fraction of sp³-hybridized carbons (Fsp3) is 0.346. The highest BCUT2D eigenvalue weighted by Crippen LogP contribution is 2.31. The van der Waals surface area contributed by atoms with Crippen molar-refractivity contribution in [2.75, 3.05) is 54.5 Å². The van der Waals surface area contributed by atoms with Gasteiger partial charge in [-0.05, 0) is 49.2 Å². The van der Waals surface area contributed by atoms with Crippen molar-refractivity contribution in [3.63, 3.8) is 0 Å². The summed E-state index contributed by atoms with van der Waals surface area (Å²) in [6.07, 6.45) is 5.02. The van der Waals surface area contributed by atoms with Crippen LogP contribution in [0.5, 0.6) is 11.6 Å². The molecule has 8 nitrogen and oxygen atoms in total. The Hall–Kier alpha value is -3.65. The summed E-state index contributed by atoms with van der Waals surface area (Å²) >= 11 is 0. The van der Waals surface area contributed by atoms with Crippen LogP contribution in [0.2, 0.25) is 0 Å². The number of hydrogen-bond acceptors (Lipinski definition) is 7. The Morgan fingerprint density at radius 1 is 0.941 bits per heavy atom. The molecule has 2 aliphatic heterocycles. The number of ether oxygens (including phenoxy) is 2. The topological polar surface area (TPSA) is 79.8 Å². The minimum atomic E-state index is -0.140. The Kier molecular flexibility index (Phi) is 6.86. The van der Waals surface area contributed by atoms with Crippen molar-refractivity contribution in [2.24, 2.45) is 5.92 Å². The molecule has 8 heteroatoms. The molecule has 3 heterocycles. The van der Waals surface area contributed by atoms with Crippen LogP contribution in [-0.4, -0.2) is 55.3 Å². The number of carbonyl (C=O) groups is 1. The first-order valence-corrected chi connectivity index (χ1v) is 11.8. The molecule has 176 valence electrons. The maximum atomic E-state index is 13.1. The second-order valence-electron chi connectivity index (χ2n) is 8.52. The van der Waals surface area contributed by atoms with Crippen LogP contribution in [0.1, 0.15) is 12.8 Å². The van der Waals surface area contributed by atoms with E-state index >= 15 is 0 Å². The Labute approximate surface area is 199 Å². The molecule has 2 saturated heterocycles. The van der Waals surface area contributed by atoms with Crippen LogP contribution >= 0.6 is 0 Å². The summed E-state index contributed by atoms with van der Waals surface area (Å²) < 4.78 is 11.4. The molecule has 1 aromatic heterocycles. The van der Waals surface area contributed by atoms with Gasteiger partial charge in [-0.2, -0.15) is 0 Å². The van der Waals surface area contributed by atoms with E-state index in [0.29, 0.717) is 24.0 Å². The molecular formula is C26H29N5O3. The molecule has 0 saturated carbocycles. The first kappa shape index (κ1) is 22.2. The third-order valence-corrected chi connectivity index (χ3v) is 6.21. The maximum Gasteiger partial charge on any atom is 0.263 e. The lowest BCUT2D eigenvalue weighted by atomic mass is 9.97. The molecule has 2 aliphatic rings. The first-order chi connectivity index (χ1) is 16.8. The maximum absolute atomic E-state index is 13.1. The standard InChI is InChI=1S/C26H29N5O3/c32-25(29-21-8-10-22(11-9-21)30-15-17-33-18-16-30)20-5-4-14-31(19-20)24-26(28-13-12-27-24)34-23-6-2-1-3-7-23/h1-3,6-13,20H,4-5,14-19H2,(H,29,32). The van der Waals surface area contributed by atoms with E-state index in [1.165, 1.54) is 0 Å². The van der Waals surface area contributed by atoms with Crippen LogP contribution in [0.15, 0.2) is 67.0 Å². The Bertz CT molecular complexity index is 1090. The third kappa shape index (κ3) is 5.28. The van der Waals surface area contributed by atoms with Gasteiger partial charge >= 0.3 is 0 Å². The summed E-state index contributed by atoms with van der Waals surface area (Å²) in [5.41, 5.74) is 1.96. The number of hydrogen-bond donors (Lipinski definition) is 1. The van der Waals surface area contributed by atoms with E-state index in [1.807, 2.05) is 42.5 Å². The van der Waals surface area contributed by atoms with E-state index in [9.17, 15) is 4.79 Å². The van der Waals surface area contributed by atoms with E-state index in [1.54, 1.807) is 12.4 Å². The Balaban J connectivity index is 1.23. The number of nitrogens with zero attached hydrogens (tertiary/aromatic N) is 4. The smallest absolute Gasteiger partial charge is 0.263 e. The fourth-order valence-electron chi connectivity index (χ4n) is 4.41. The molecule has 1 atom stereocenters. The predicted octanol–water partition coefficient (Wildman–Crippen LogP) is 3.96. The van der Waals surface area contributed by atoms with Gasteiger partial charge in [-0.3, -0.25) is 4.79 Å². The second-order valence-corrected chi connectivity index (χ2v) is 8.52. The Morgan fingerprint density at radius 3 is 2.50 bits per heavy atom. The molecular weight excluding hydrogens is 430 g/mol. The van der Waals surface area contributed by atoms with Crippen molar-refractivity contribution in [3.05, 3.63) is 67.0 Å². The zero-order valence-electron chi connectivity index (χ0n) is 19.1. The van der Waals surface area contributed by atoms with E-state index in [-0.39, 0.29) is 11.8 Å². The normalized spacial score (nSPS) is 18.4. The number of anilines is 3. The van der Waals surface area contributed by atoms with Crippen LogP contribution in [0.4, 0.5) is 17.2 Å². The van der Waals surface area contributed by atoms with Crippen molar-refractivity contribution in [1.82, 2.24) is 9.97 Å².